The average molecular weight is 264 g/mol. The zero-order valence-electron chi connectivity index (χ0n) is 12.2. The van der Waals surface area contributed by atoms with Crippen LogP contribution in [-0.2, 0) is 4.79 Å². The molecule has 3 fully saturated rings. The molecule has 108 valence electrons. The number of carbonyl (C=O) groups excluding carboxylic acids is 1. The van der Waals surface area contributed by atoms with E-state index in [-0.39, 0.29) is 0 Å². The van der Waals surface area contributed by atoms with Gasteiger partial charge < -0.3 is 10.2 Å². The second kappa shape index (κ2) is 5.82. The fourth-order valence-electron chi connectivity index (χ4n) is 4.11. The molecule has 19 heavy (non-hydrogen) atoms. The van der Waals surface area contributed by atoms with Crippen molar-refractivity contribution in [2.75, 3.05) is 13.1 Å². The van der Waals surface area contributed by atoms with Gasteiger partial charge in [-0.25, -0.2) is 0 Å². The Bertz CT molecular complexity index is 315. The van der Waals surface area contributed by atoms with Gasteiger partial charge in [0, 0.05) is 31.6 Å². The van der Waals surface area contributed by atoms with Gasteiger partial charge in [-0.1, -0.05) is 6.42 Å². The number of rotatable bonds is 5. The van der Waals surface area contributed by atoms with E-state index in [4.69, 9.17) is 0 Å². The van der Waals surface area contributed by atoms with Crippen molar-refractivity contribution in [2.24, 2.45) is 11.8 Å². The first kappa shape index (κ1) is 13.4. The van der Waals surface area contributed by atoms with E-state index < -0.39 is 0 Å². The molecular weight excluding hydrogens is 236 g/mol. The van der Waals surface area contributed by atoms with Crippen LogP contribution in [0.3, 0.4) is 0 Å². The van der Waals surface area contributed by atoms with E-state index in [0.29, 0.717) is 23.9 Å². The zero-order valence-corrected chi connectivity index (χ0v) is 12.2. The van der Waals surface area contributed by atoms with Gasteiger partial charge in [0.15, 0.2) is 0 Å². The normalized spacial score (nSPS) is 34.1. The second-order valence-electron chi connectivity index (χ2n) is 6.91. The van der Waals surface area contributed by atoms with Crippen LogP contribution in [0.5, 0.6) is 0 Å². The standard InChI is InChI=1S/C16H28N2O/c1-2-18(11-12-4-3-5-12)16(19)10-13-8-14-6-7-15(9-13)17-14/h12-15,17H,2-11H2,1H3. The molecule has 2 heterocycles. The van der Waals surface area contributed by atoms with Crippen molar-refractivity contribution in [3.05, 3.63) is 0 Å². The van der Waals surface area contributed by atoms with E-state index in [1.54, 1.807) is 0 Å². The summed E-state index contributed by atoms with van der Waals surface area (Å²) in [4.78, 5) is 14.6. The highest BCUT2D eigenvalue weighted by Crippen LogP contribution is 2.33. The molecule has 2 bridgehead atoms. The Balaban J connectivity index is 1.48. The summed E-state index contributed by atoms with van der Waals surface area (Å²) in [5.74, 6) is 1.86. The summed E-state index contributed by atoms with van der Waals surface area (Å²) in [5, 5.41) is 3.66. The third-order valence-corrected chi connectivity index (χ3v) is 5.47. The van der Waals surface area contributed by atoms with Gasteiger partial charge in [-0.05, 0) is 57.3 Å². The summed E-state index contributed by atoms with van der Waals surface area (Å²) in [7, 11) is 0. The van der Waals surface area contributed by atoms with Crippen LogP contribution in [-0.4, -0.2) is 36.0 Å². The Kier molecular flexibility index (Phi) is 4.11. The maximum Gasteiger partial charge on any atom is 0.222 e. The highest BCUT2D eigenvalue weighted by Gasteiger charge is 2.35. The number of nitrogens with zero attached hydrogens (tertiary/aromatic N) is 1. The van der Waals surface area contributed by atoms with E-state index in [2.05, 4.69) is 17.1 Å². The first-order valence-corrected chi connectivity index (χ1v) is 8.28. The minimum absolute atomic E-state index is 0.417. The van der Waals surface area contributed by atoms with Crippen LogP contribution in [0, 0.1) is 11.8 Å². The molecule has 3 heteroatoms. The SMILES string of the molecule is CCN(CC1CCC1)C(=O)CC1CC2CCC(C1)N2. The molecule has 2 aliphatic heterocycles. The quantitative estimate of drug-likeness (QED) is 0.827. The van der Waals surface area contributed by atoms with Crippen molar-refractivity contribution < 1.29 is 4.79 Å². The van der Waals surface area contributed by atoms with Crippen LogP contribution in [0.4, 0.5) is 0 Å². The lowest BCUT2D eigenvalue weighted by Crippen LogP contribution is -2.42. The molecule has 0 aromatic heterocycles. The minimum Gasteiger partial charge on any atom is -0.343 e. The van der Waals surface area contributed by atoms with Crippen molar-refractivity contribution in [1.29, 1.82) is 0 Å². The molecule has 2 unspecified atom stereocenters. The van der Waals surface area contributed by atoms with Crippen molar-refractivity contribution in [1.82, 2.24) is 10.2 Å². The lowest BCUT2D eigenvalue weighted by molar-refractivity contribution is -0.133. The van der Waals surface area contributed by atoms with Crippen LogP contribution < -0.4 is 5.32 Å². The van der Waals surface area contributed by atoms with Crippen LogP contribution >= 0.6 is 0 Å². The fraction of sp³-hybridized carbons (Fsp3) is 0.938. The van der Waals surface area contributed by atoms with Crippen LogP contribution in [0.15, 0.2) is 0 Å². The van der Waals surface area contributed by atoms with Crippen molar-refractivity contribution in [3.63, 3.8) is 0 Å². The molecule has 1 amide bonds. The molecule has 0 radical (unpaired) electrons. The molecule has 0 spiro atoms. The molecule has 3 rings (SSSR count). The van der Waals surface area contributed by atoms with Gasteiger partial charge in [0.1, 0.15) is 0 Å². The Hall–Kier alpha value is -0.570. The first-order valence-electron chi connectivity index (χ1n) is 8.28. The Morgan fingerprint density at radius 3 is 2.32 bits per heavy atom. The smallest absolute Gasteiger partial charge is 0.222 e. The summed E-state index contributed by atoms with van der Waals surface area (Å²) in [6, 6.07) is 1.41. The van der Waals surface area contributed by atoms with E-state index in [1.807, 2.05) is 0 Å². The maximum absolute atomic E-state index is 12.5. The van der Waals surface area contributed by atoms with E-state index in [1.165, 1.54) is 44.9 Å². The summed E-state index contributed by atoms with van der Waals surface area (Å²) in [6.07, 6.45) is 9.95. The summed E-state index contributed by atoms with van der Waals surface area (Å²) in [5.41, 5.74) is 0. The van der Waals surface area contributed by atoms with E-state index in [9.17, 15) is 4.79 Å². The fourth-order valence-corrected chi connectivity index (χ4v) is 4.11. The largest absolute Gasteiger partial charge is 0.343 e. The Labute approximate surface area is 117 Å². The van der Waals surface area contributed by atoms with E-state index >= 15 is 0 Å². The lowest BCUT2D eigenvalue weighted by Gasteiger charge is -2.34. The van der Waals surface area contributed by atoms with E-state index in [0.717, 1.165) is 25.4 Å². The molecule has 0 aromatic carbocycles. The Morgan fingerprint density at radius 1 is 1.11 bits per heavy atom. The van der Waals surface area contributed by atoms with Gasteiger partial charge in [0.05, 0.1) is 0 Å². The molecule has 0 aromatic rings. The number of carbonyl (C=O) groups is 1. The van der Waals surface area contributed by atoms with Crippen molar-refractivity contribution in [3.8, 4) is 0 Å². The summed E-state index contributed by atoms with van der Waals surface area (Å²) >= 11 is 0. The molecule has 1 saturated carbocycles. The van der Waals surface area contributed by atoms with Gasteiger partial charge in [0.25, 0.3) is 0 Å². The van der Waals surface area contributed by atoms with Gasteiger partial charge in [-0.15, -0.1) is 0 Å². The van der Waals surface area contributed by atoms with Gasteiger partial charge in [-0.3, -0.25) is 4.79 Å². The topological polar surface area (TPSA) is 32.3 Å². The minimum atomic E-state index is 0.417. The number of amides is 1. The second-order valence-corrected chi connectivity index (χ2v) is 6.91. The van der Waals surface area contributed by atoms with Gasteiger partial charge in [-0.2, -0.15) is 0 Å². The van der Waals surface area contributed by atoms with Crippen LogP contribution in [0.25, 0.3) is 0 Å². The molecule has 1 aliphatic carbocycles. The predicted molar refractivity (Wildman–Crippen MR) is 76.9 cm³/mol. The molecular formula is C16H28N2O. The third kappa shape index (κ3) is 3.13. The van der Waals surface area contributed by atoms with Gasteiger partial charge >= 0.3 is 0 Å². The Morgan fingerprint density at radius 2 is 1.79 bits per heavy atom. The highest BCUT2D eigenvalue weighted by atomic mass is 16.2. The highest BCUT2D eigenvalue weighted by molar-refractivity contribution is 5.76. The first-order chi connectivity index (χ1) is 9.24. The van der Waals surface area contributed by atoms with Crippen molar-refractivity contribution in [2.45, 2.75) is 70.4 Å². The predicted octanol–water partition coefficient (Wildman–Crippen LogP) is 2.56. The maximum atomic E-state index is 12.5. The summed E-state index contributed by atoms with van der Waals surface area (Å²) in [6.45, 7) is 4.04. The monoisotopic (exact) mass is 264 g/mol. The number of fused-ring (bicyclic) bond motifs is 2. The lowest BCUT2D eigenvalue weighted by atomic mass is 9.84. The zero-order chi connectivity index (χ0) is 13.2. The third-order valence-electron chi connectivity index (χ3n) is 5.47. The molecule has 2 atom stereocenters. The number of piperidine rings is 1. The molecule has 3 aliphatic rings. The number of nitrogens with one attached hydrogen (secondary N) is 1. The summed E-state index contributed by atoms with van der Waals surface area (Å²) < 4.78 is 0. The molecule has 1 N–H and O–H groups in total. The van der Waals surface area contributed by atoms with Crippen molar-refractivity contribution >= 4 is 5.91 Å². The number of hydrogen-bond acceptors (Lipinski definition) is 2. The van der Waals surface area contributed by atoms with Gasteiger partial charge in [0.2, 0.25) is 5.91 Å². The molecule has 2 saturated heterocycles. The average Bonchev–Trinajstić information content (AvgIpc) is 2.67. The number of hydrogen-bond donors (Lipinski definition) is 1. The molecule has 3 nitrogen and oxygen atoms in total. The van der Waals surface area contributed by atoms with Crippen LogP contribution in [0.1, 0.15) is 58.3 Å². The van der Waals surface area contributed by atoms with Crippen LogP contribution in [0.2, 0.25) is 0 Å².